The smallest absolute Gasteiger partial charge is 0.315 e. The van der Waals surface area contributed by atoms with Crippen LogP contribution >= 0.6 is 0 Å². The molecule has 0 spiro atoms. The highest BCUT2D eigenvalue weighted by atomic mass is 19.1. The largest absolute Gasteiger partial charge is 0.494 e. The molecule has 2 aromatic carbocycles. The number of urea groups is 1. The topological polar surface area (TPSA) is 109 Å². The molecule has 0 aliphatic rings. The zero-order valence-corrected chi connectivity index (χ0v) is 18.1. The van der Waals surface area contributed by atoms with Crippen LogP contribution < -0.4 is 26.2 Å². The van der Waals surface area contributed by atoms with Crippen LogP contribution in [0.2, 0.25) is 0 Å². The van der Waals surface area contributed by atoms with Gasteiger partial charge in [0, 0.05) is 12.1 Å². The number of ether oxygens (including phenoxy) is 1. The normalized spacial score (nSPS) is 10.2. The number of carbonyl (C=O) groups is 3. The third kappa shape index (κ3) is 9.46. The molecule has 0 unspecified atom stereocenters. The highest BCUT2D eigenvalue weighted by Crippen LogP contribution is 2.13. The molecule has 0 saturated heterocycles. The second-order valence-electron chi connectivity index (χ2n) is 7.10. The van der Waals surface area contributed by atoms with Crippen LogP contribution in [0.4, 0.5) is 9.18 Å². The van der Waals surface area contributed by atoms with Gasteiger partial charge >= 0.3 is 6.03 Å². The van der Waals surface area contributed by atoms with Gasteiger partial charge in [-0.25, -0.2) is 9.18 Å². The number of rotatable bonds is 11. The van der Waals surface area contributed by atoms with Crippen LogP contribution in [0.3, 0.4) is 0 Å². The second kappa shape index (κ2) is 13.6. The van der Waals surface area contributed by atoms with Gasteiger partial charge in [0.25, 0.3) is 11.8 Å². The third-order valence-electron chi connectivity index (χ3n) is 4.47. The molecular weight excluding hydrogens is 415 g/mol. The molecule has 0 fully saturated rings. The van der Waals surface area contributed by atoms with E-state index in [1.807, 2.05) is 0 Å². The first kappa shape index (κ1) is 24.6. The Balaban J connectivity index is 1.62. The van der Waals surface area contributed by atoms with Crippen molar-refractivity contribution in [3.63, 3.8) is 0 Å². The van der Waals surface area contributed by atoms with Gasteiger partial charge < -0.3 is 15.4 Å². The maximum atomic E-state index is 12.8. The number of hydrogen-bond acceptors (Lipinski definition) is 4. The van der Waals surface area contributed by atoms with Gasteiger partial charge in [0.05, 0.1) is 6.61 Å². The van der Waals surface area contributed by atoms with E-state index in [4.69, 9.17) is 4.74 Å². The minimum absolute atomic E-state index is 0.183. The highest BCUT2D eigenvalue weighted by molar-refractivity contribution is 5.95. The van der Waals surface area contributed by atoms with Crippen molar-refractivity contribution in [2.24, 2.45) is 0 Å². The quantitative estimate of drug-likeness (QED) is 0.316. The van der Waals surface area contributed by atoms with E-state index in [0.29, 0.717) is 23.5 Å². The molecule has 4 N–H and O–H groups in total. The molecule has 0 atom stereocenters. The summed E-state index contributed by atoms with van der Waals surface area (Å²) in [4.78, 5) is 35.7. The molecule has 0 heterocycles. The van der Waals surface area contributed by atoms with Gasteiger partial charge in [0.2, 0.25) is 0 Å². The number of unbranched alkanes of at least 4 members (excludes halogenated alkanes) is 3. The van der Waals surface area contributed by atoms with Gasteiger partial charge in [-0.2, -0.15) is 0 Å². The number of halogens is 1. The van der Waals surface area contributed by atoms with E-state index in [1.54, 1.807) is 36.4 Å². The molecule has 2 rings (SSSR count). The van der Waals surface area contributed by atoms with Crippen LogP contribution in [0.1, 0.15) is 48.5 Å². The van der Waals surface area contributed by atoms with Crippen LogP contribution in [-0.4, -0.2) is 31.0 Å². The Kier molecular flexibility index (Phi) is 10.5. The molecule has 8 nitrogen and oxygen atoms in total. The predicted octanol–water partition coefficient (Wildman–Crippen LogP) is 3.05. The van der Waals surface area contributed by atoms with Crippen LogP contribution in [0.25, 0.3) is 0 Å². The lowest BCUT2D eigenvalue weighted by Gasteiger charge is -2.10. The van der Waals surface area contributed by atoms with Crippen molar-refractivity contribution in [3.8, 4) is 5.75 Å². The Bertz CT molecular complexity index is 873. The summed E-state index contributed by atoms with van der Waals surface area (Å²) in [5, 5.41) is 4.91. The predicted molar refractivity (Wildman–Crippen MR) is 118 cm³/mol. The van der Waals surface area contributed by atoms with Gasteiger partial charge in [-0.3, -0.25) is 20.4 Å². The van der Waals surface area contributed by atoms with E-state index >= 15 is 0 Å². The standard InChI is InChI=1S/C23H29FN4O4/c1-2-3-4-5-14-32-20-12-8-18(9-13-20)22(30)28-27-21(29)16-26-23(31)25-15-17-6-10-19(24)11-7-17/h6-13H,2-5,14-16H2,1H3,(H,27,29)(H,28,30)(H2,25,26,31). The SMILES string of the molecule is CCCCCCOc1ccc(C(=O)NNC(=O)CNC(=O)NCc2ccc(F)cc2)cc1. The molecule has 0 radical (unpaired) electrons. The fourth-order valence-corrected chi connectivity index (χ4v) is 2.67. The molecule has 32 heavy (non-hydrogen) atoms. The van der Waals surface area contributed by atoms with Crippen LogP contribution in [0.5, 0.6) is 5.75 Å². The van der Waals surface area contributed by atoms with E-state index in [-0.39, 0.29) is 18.9 Å². The number of carbonyl (C=O) groups excluding carboxylic acids is 3. The molecule has 4 amide bonds. The molecule has 0 aromatic heterocycles. The molecule has 0 aliphatic heterocycles. The summed E-state index contributed by atoms with van der Waals surface area (Å²) < 4.78 is 18.5. The fourth-order valence-electron chi connectivity index (χ4n) is 2.67. The maximum Gasteiger partial charge on any atom is 0.315 e. The summed E-state index contributed by atoms with van der Waals surface area (Å²) >= 11 is 0. The Morgan fingerprint density at radius 1 is 0.875 bits per heavy atom. The van der Waals surface area contributed by atoms with Crippen molar-refractivity contribution >= 4 is 17.8 Å². The van der Waals surface area contributed by atoms with Crippen molar-refractivity contribution in [2.75, 3.05) is 13.2 Å². The Labute approximate surface area is 186 Å². The molecule has 0 bridgehead atoms. The minimum Gasteiger partial charge on any atom is -0.494 e. The van der Waals surface area contributed by atoms with Crippen LogP contribution in [-0.2, 0) is 11.3 Å². The lowest BCUT2D eigenvalue weighted by atomic mass is 10.2. The van der Waals surface area contributed by atoms with Gasteiger partial charge in [-0.15, -0.1) is 0 Å². The Morgan fingerprint density at radius 3 is 2.28 bits per heavy atom. The van der Waals surface area contributed by atoms with Crippen LogP contribution in [0, 0.1) is 5.82 Å². The Morgan fingerprint density at radius 2 is 1.59 bits per heavy atom. The number of amides is 4. The third-order valence-corrected chi connectivity index (χ3v) is 4.47. The lowest BCUT2D eigenvalue weighted by Crippen LogP contribution is -2.47. The summed E-state index contributed by atoms with van der Waals surface area (Å²) in [5.74, 6) is -0.771. The number of hydrogen-bond donors (Lipinski definition) is 4. The van der Waals surface area contributed by atoms with Crippen molar-refractivity contribution < 1.29 is 23.5 Å². The summed E-state index contributed by atoms with van der Waals surface area (Å²) in [7, 11) is 0. The van der Waals surface area contributed by atoms with Gasteiger partial charge in [-0.05, 0) is 48.4 Å². The fraction of sp³-hybridized carbons (Fsp3) is 0.348. The first-order chi connectivity index (χ1) is 15.5. The second-order valence-corrected chi connectivity index (χ2v) is 7.10. The zero-order valence-electron chi connectivity index (χ0n) is 18.1. The summed E-state index contributed by atoms with van der Waals surface area (Å²) in [6.07, 6.45) is 4.47. The minimum atomic E-state index is -0.595. The van der Waals surface area contributed by atoms with E-state index in [9.17, 15) is 18.8 Å². The van der Waals surface area contributed by atoms with Gasteiger partial charge in [0.1, 0.15) is 18.1 Å². The Hall–Kier alpha value is -3.62. The van der Waals surface area contributed by atoms with Crippen molar-refractivity contribution in [1.29, 1.82) is 0 Å². The monoisotopic (exact) mass is 444 g/mol. The molecule has 0 aliphatic carbocycles. The number of hydrazine groups is 1. The molecule has 9 heteroatoms. The van der Waals surface area contributed by atoms with Crippen molar-refractivity contribution in [1.82, 2.24) is 21.5 Å². The maximum absolute atomic E-state index is 12.8. The van der Waals surface area contributed by atoms with Crippen LogP contribution in [0.15, 0.2) is 48.5 Å². The first-order valence-electron chi connectivity index (χ1n) is 10.6. The summed E-state index contributed by atoms with van der Waals surface area (Å²) in [5.41, 5.74) is 5.58. The lowest BCUT2D eigenvalue weighted by molar-refractivity contribution is -0.120. The van der Waals surface area contributed by atoms with E-state index < -0.39 is 17.8 Å². The molecular formula is C23H29FN4O4. The van der Waals surface area contributed by atoms with Gasteiger partial charge in [-0.1, -0.05) is 38.3 Å². The van der Waals surface area contributed by atoms with Crippen molar-refractivity contribution in [3.05, 3.63) is 65.5 Å². The zero-order chi connectivity index (χ0) is 23.2. The van der Waals surface area contributed by atoms with E-state index in [2.05, 4.69) is 28.4 Å². The highest BCUT2D eigenvalue weighted by Gasteiger charge is 2.09. The van der Waals surface area contributed by atoms with E-state index in [1.165, 1.54) is 25.0 Å². The van der Waals surface area contributed by atoms with Crippen molar-refractivity contribution in [2.45, 2.75) is 39.2 Å². The average Bonchev–Trinajstić information content (AvgIpc) is 2.81. The van der Waals surface area contributed by atoms with Gasteiger partial charge in [0.15, 0.2) is 0 Å². The first-order valence-corrected chi connectivity index (χ1v) is 10.6. The number of benzene rings is 2. The van der Waals surface area contributed by atoms with E-state index in [0.717, 1.165) is 12.8 Å². The summed E-state index contributed by atoms with van der Waals surface area (Å²) in [6.45, 7) is 2.63. The molecule has 0 saturated carbocycles. The summed E-state index contributed by atoms with van der Waals surface area (Å²) in [6, 6.07) is 11.7. The molecule has 2 aromatic rings. The number of nitrogens with one attached hydrogen (secondary N) is 4. The molecule has 172 valence electrons. The average molecular weight is 445 g/mol.